The van der Waals surface area contributed by atoms with E-state index in [0.29, 0.717) is 32.8 Å². The monoisotopic (exact) mass is 415 g/mol. The molecule has 1 aromatic rings. The maximum Gasteiger partial charge on any atom is 0.252 e. The number of amides is 2. The third kappa shape index (κ3) is 5.02. The molecule has 3 aliphatic rings. The van der Waals surface area contributed by atoms with Crippen molar-refractivity contribution in [2.24, 2.45) is 0 Å². The Bertz CT molecular complexity index is 727. The second-order valence-corrected chi connectivity index (χ2v) is 8.71. The van der Waals surface area contributed by atoms with Gasteiger partial charge in [-0.3, -0.25) is 9.59 Å². The highest BCUT2D eigenvalue weighted by atomic mass is 16.5. The normalized spacial score (nSPS) is 25.0. The van der Waals surface area contributed by atoms with Gasteiger partial charge < -0.3 is 24.2 Å². The Balaban J connectivity index is 1.31. The van der Waals surface area contributed by atoms with Gasteiger partial charge in [0.05, 0.1) is 31.9 Å². The van der Waals surface area contributed by atoms with Crippen LogP contribution in [0.3, 0.4) is 0 Å². The van der Waals surface area contributed by atoms with E-state index in [1.807, 2.05) is 13.0 Å². The highest BCUT2D eigenvalue weighted by Gasteiger charge is 2.45. The first-order chi connectivity index (χ1) is 14.5. The Hall–Kier alpha value is -1.96. The van der Waals surface area contributed by atoms with Crippen LogP contribution >= 0.6 is 0 Å². The minimum absolute atomic E-state index is 0.0104. The van der Waals surface area contributed by atoms with E-state index in [0.717, 1.165) is 38.9 Å². The minimum atomic E-state index is -0.493. The maximum absolute atomic E-state index is 12.7. The highest BCUT2D eigenvalue weighted by molar-refractivity contribution is 5.87. The van der Waals surface area contributed by atoms with Crippen LogP contribution in [0.2, 0.25) is 0 Å². The van der Waals surface area contributed by atoms with Gasteiger partial charge in [0.1, 0.15) is 6.10 Å². The smallest absolute Gasteiger partial charge is 0.252 e. The molecule has 4 rings (SSSR count). The van der Waals surface area contributed by atoms with Crippen molar-refractivity contribution < 1.29 is 19.1 Å². The second-order valence-electron chi connectivity index (χ2n) is 8.71. The number of hydrogen-bond acceptors (Lipinski definition) is 5. The van der Waals surface area contributed by atoms with E-state index in [9.17, 15) is 9.59 Å². The summed E-state index contributed by atoms with van der Waals surface area (Å²) < 4.78 is 11.6. The van der Waals surface area contributed by atoms with Gasteiger partial charge in [0.15, 0.2) is 0 Å². The number of likely N-dealkylation sites (tertiary alicyclic amines) is 1. The average molecular weight is 416 g/mol. The molecule has 1 aromatic carbocycles. The zero-order valence-electron chi connectivity index (χ0n) is 17.9. The lowest BCUT2D eigenvalue weighted by atomic mass is 9.88. The predicted molar refractivity (Wildman–Crippen MR) is 113 cm³/mol. The molecular weight excluding hydrogens is 382 g/mol. The third-order valence-electron chi connectivity index (χ3n) is 6.58. The number of morpholine rings is 2. The highest BCUT2D eigenvalue weighted by Crippen LogP contribution is 2.33. The van der Waals surface area contributed by atoms with Gasteiger partial charge in [-0.15, -0.1) is 0 Å². The van der Waals surface area contributed by atoms with Gasteiger partial charge in [-0.2, -0.15) is 0 Å². The Labute approximate surface area is 178 Å². The molecule has 1 unspecified atom stereocenters. The SMILES string of the molecule is CC1OC2(CCN(CCc3ccccc3)CC2)CN(CC(=O)N2CCOCC2)C1=O. The van der Waals surface area contributed by atoms with Crippen LogP contribution in [0, 0.1) is 0 Å². The van der Waals surface area contributed by atoms with Crippen LogP contribution in [0.1, 0.15) is 25.3 Å². The molecule has 3 fully saturated rings. The van der Waals surface area contributed by atoms with Crippen molar-refractivity contribution in [1.82, 2.24) is 14.7 Å². The quantitative estimate of drug-likeness (QED) is 0.723. The van der Waals surface area contributed by atoms with Gasteiger partial charge >= 0.3 is 0 Å². The zero-order chi connectivity index (χ0) is 21.0. The fourth-order valence-corrected chi connectivity index (χ4v) is 4.75. The van der Waals surface area contributed by atoms with E-state index in [4.69, 9.17) is 9.47 Å². The van der Waals surface area contributed by atoms with Crippen LogP contribution in [0.5, 0.6) is 0 Å². The third-order valence-corrected chi connectivity index (χ3v) is 6.58. The second kappa shape index (κ2) is 9.45. The first-order valence-electron chi connectivity index (χ1n) is 11.1. The Morgan fingerprint density at radius 2 is 1.80 bits per heavy atom. The number of carbonyl (C=O) groups is 2. The molecule has 0 saturated carbocycles. The van der Waals surface area contributed by atoms with Crippen molar-refractivity contribution in [3.8, 4) is 0 Å². The molecule has 0 bridgehead atoms. The number of ether oxygens (including phenoxy) is 2. The van der Waals surface area contributed by atoms with Gasteiger partial charge in [0.2, 0.25) is 5.91 Å². The van der Waals surface area contributed by atoms with Crippen molar-refractivity contribution in [3.63, 3.8) is 0 Å². The van der Waals surface area contributed by atoms with Crippen molar-refractivity contribution in [3.05, 3.63) is 35.9 Å². The minimum Gasteiger partial charge on any atom is -0.378 e. The number of piperidine rings is 1. The van der Waals surface area contributed by atoms with Crippen LogP contribution < -0.4 is 0 Å². The van der Waals surface area contributed by atoms with E-state index in [-0.39, 0.29) is 24.0 Å². The standard InChI is InChI=1S/C23H33N3O4/c1-19-22(28)26(17-21(27)25-13-15-29-16-14-25)18-23(30-19)8-11-24(12-9-23)10-7-20-5-3-2-4-6-20/h2-6,19H,7-18H2,1H3. The summed E-state index contributed by atoms with van der Waals surface area (Å²) in [5.74, 6) is -0.0649. The Morgan fingerprint density at radius 3 is 2.50 bits per heavy atom. The molecule has 3 saturated heterocycles. The lowest BCUT2D eigenvalue weighted by Gasteiger charge is -2.49. The molecule has 0 aromatic heterocycles. The van der Waals surface area contributed by atoms with Crippen LogP contribution in [-0.2, 0) is 25.5 Å². The van der Waals surface area contributed by atoms with Crippen LogP contribution in [0.4, 0.5) is 0 Å². The molecule has 0 radical (unpaired) electrons. The average Bonchev–Trinajstić information content (AvgIpc) is 2.78. The first-order valence-corrected chi connectivity index (χ1v) is 11.1. The van der Waals surface area contributed by atoms with Crippen molar-refractivity contribution >= 4 is 11.8 Å². The van der Waals surface area contributed by atoms with Crippen molar-refractivity contribution in [2.45, 2.75) is 37.9 Å². The van der Waals surface area contributed by atoms with E-state index < -0.39 is 6.10 Å². The maximum atomic E-state index is 12.7. The largest absolute Gasteiger partial charge is 0.378 e. The van der Waals surface area contributed by atoms with E-state index in [1.54, 1.807) is 9.80 Å². The summed E-state index contributed by atoms with van der Waals surface area (Å²) in [6.45, 7) is 7.78. The molecule has 2 amide bonds. The van der Waals surface area contributed by atoms with E-state index >= 15 is 0 Å². The topological polar surface area (TPSA) is 62.3 Å². The molecule has 30 heavy (non-hydrogen) atoms. The summed E-state index contributed by atoms with van der Waals surface area (Å²) in [6.07, 6.45) is 2.33. The van der Waals surface area contributed by atoms with Gasteiger partial charge in [-0.25, -0.2) is 0 Å². The van der Waals surface area contributed by atoms with Crippen molar-refractivity contribution in [2.75, 3.05) is 59.0 Å². The number of rotatable bonds is 5. The summed E-state index contributed by atoms with van der Waals surface area (Å²) in [4.78, 5) is 31.4. The van der Waals surface area contributed by atoms with Gasteiger partial charge in [-0.1, -0.05) is 30.3 Å². The molecule has 1 spiro atoms. The molecule has 164 valence electrons. The first kappa shape index (κ1) is 21.3. The molecule has 0 aliphatic carbocycles. The van der Waals surface area contributed by atoms with Gasteiger partial charge in [-0.05, 0) is 31.7 Å². The number of benzene rings is 1. The van der Waals surface area contributed by atoms with Crippen LogP contribution in [0.25, 0.3) is 0 Å². The Morgan fingerprint density at radius 1 is 1.10 bits per heavy atom. The van der Waals surface area contributed by atoms with Crippen LogP contribution in [-0.4, -0.2) is 97.2 Å². The molecule has 1 atom stereocenters. The lowest BCUT2D eigenvalue weighted by Crippen LogP contribution is -2.62. The molecule has 0 N–H and O–H groups in total. The summed E-state index contributed by atoms with van der Waals surface area (Å²) in [6, 6.07) is 10.6. The fourth-order valence-electron chi connectivity index (χ4n) is 4.75. The van der Waals surface area contributed by atoms with E-state index in [2.05, 4.69) is 29.2 Å². The summed E-state index contributed by atoms with van der Waals surface area (Å²) in [5.41, 5.74) is 1.03. The zero-order valence-corrected chi connectivity index (χ0v) is 17.9. The number of nitrogens with zero attached hydrogens (tertiary/aromatic N) is 3. The summed E-state index contributed by atoms with van der Waals surface area (Å²) in [7, 11) is 0. The molecule has 7 nitrogen and oxygen atoms in total. The Kier molecular flexibility index (Phi) is 6.71. The van der Waals surface area contributed by atoms with Gasteiger partial charge in [0, 0.05) is 32.7 Å². The molecule has 7 heteroatoms. The van der Waals surface area contributed by atoms with E-state index in [1.165, 1.54) is 5.56 Å². The molecular formula is C23H33N3O4. The predicted octanol–water partition coefficient (Wildman–Crippen LogP) is 1.17. The number of hydrogen-bond donors (Lipinski definition) is 0. The van der Waals surface area contributed by atoms with Crippen LogP contribution in [0.15, 0.2) is 30.3 Å². The summed E-state index contributed by atoms with van der Waals surface area (Å²) in [5, 5.41) is 0. The molecule has 3 aliphatic heterocycles. The lowest BCUT2D eigenvalue weighted by molar-refractivity contribution is -0.191. The number of carbonyl (C=O) groups excluding carboxylic acids is 2. The van der Waals surface area contributed by atoms with Crippen molar-refractivity contribution in [1.29, 1.82) is 0 Å². The van der Waals surface area contributed by atoms with Gasteiger partial charge in [0.25, 0.3) is 5.91 Å². The molecule has 3 heterocycles. The fraction of sp³-hybridized carbons (Fsp3) is 0.652. The summed E-state index contributed by atoms with van der Waals surface area (Å²) >= 11 is 0.